The number of rotatable bonds is 6. The number of carbonyl (C=O) groups is 2. The Morgan fingerprint density at radius 3 is 2.76 bits per heavy atom. The maximum Gasteiger partial charge on any atom is 0.330 e. The smallest absolute Gasteiger partial charge is 0.330 e. The third kappa shape index (κ3) is 5.71. The summed E-state index contributed by atoms with van der Waals surface area (Å²) in [5.41, 5.74) is 1.31. The first-order valence-corrected chi connectivity index (χ1v) is 10.0. The van der Waals surface area contributed by atoms with E-state index in [1.54, 1.807) is 54.4 Å². The molecule has 2 aromatic rings. The zero-order chi connectivity index (χ0) is 20.8. The van der Waals surface area contributed by atoms with E-state index in [1.807, 2.05) is 0 Å². The van der Waals surface area contributed by atoms with Gasteiger partial charge >= 0.3 is 5.97 Å². The molecule has 8 heteroatoms. The molecule has 29 heavy (non-hydrogen) atoms. The molecule has 0 unspecified atom stereocenters. The average molecular weight is 434 g/mol. The first kappa shape index (κ1) is 21.1. The molecule has 1 saturated heterocycles. The molecule has 2 heterocycles. The summed E-state index contributed by atoms with van der Waals surface area (Å²) in [7, 11) is 0. The number of hydrogen-bond acceptors (Lipinski definition) is 5. The van der Waals surface area contributed by atoms with E-state index >= 15 is 0 Å². The summed E-state index contributed by atoms with van der Waals surface area (Å²) < 4.78 is 4.84. The van der Waals surface area contributed by atoms with Crippen molar-refractivity contribution < 1.29 is 14.3 Å². The van der Waals surface area contributed by atoms with Gasteiger partial charge in [0.1, 0.15) is 5.82 Å². The summed E-state index contributed by atoms with van der Waals surface area (Å²) in [5.74, 6) is 0.109. The van der Waals surface area contributed by atoms with Crippen LogP contribution in [0, 0.1) is 0 Å². The molecular formula is C21H21Cl2N3O3. The summed E-state index contributed by atoms with van der Waals surface area (Å²) in [4.78, 5) is 30.1. The Morgan fingerprint density at radius 1 is 1.31 bits per heavy atom. The second kappa shape index (κ2) is 9.76. The predicted molar refractivity (Wildman–Crippen MR) is 114 cm³/mol. The van der Waals surface area contributed by atoms with Crippen LogP contribution in [-0.4, -0.2) is 47.5 Å². The Kier molecular flexibility index (Phi) is 7.12. The summed E-state index contributed by atoms with van der Waals surface area (Å²) in [6.07, 6.45) is 5.35. The van der Waals surface area contributed by atoms with Gasteiger partial charge in [-0.15, -0.1) is 0 Å². The third-order valence-electron chi connectivity index (χ3n) is 4.47. The van der Waals surface area contributed by atoms with Crippen LogP contribution in [0.1, 0.15) is 29.3 Å². The number of nitrogens with zero attached hydrogens (tertiary/aromatic N) is 2. The van der Waals surface area contributed by atoms with Crippen molar-refractivity contribution in [2.24, 2.45) is 0 Å². The van der Waals surface area contributed by atoms with Gasteiger partial charge in [0.25, 0.3) is 5.91 Å². The molecule has 0 aliphatic carbocycles. The number of amides is 1. The molecule has 6 nitrogen and oxygen atoms in total. The maximum atomic E-state index is 12.6. The highest BCUT2D eigenvalue weighted by Crippen LogP contribution is 2.24. The number of esters is 1. The highest BCUT2D eigenvalue weighted by Gasteiger charge is 2.27. The lowest BCUT2D eigenvalue weighted by molar-refractivity contribution is -0.137. The molecule has 0 spiro atoms. The van der Waals surface area contributed by atoms with Crippen LogP contribution in [0.3, 0.4) is 0 Å². The van der Waals surface area contributed by atoms with E-state index in [-0.39, 0.29) is 11.9 Å². The van der Waals surface area contributed by atoms with Crippen molar-refractivity contribution in [3.8, 4) is 0 Å². The third-order valence-corrected chi connectivity index (χ3v) is 5.01. The van der Waals surface area contributed by atoms with Crippen LogP contribution < -0.4 is 5.32 Å². The van der Waals surface area contributed by atoms with E-state index in [4.69, 9.17) is 27.9 Å². The molecule has 3 rings (SSSR count). The Bertz CT molecular complexity index is 916. The monoisotopic (exact) mass is 433 g/mol. The highest BCUT2D eigenvalue weighted by atomic mass is 35.5. The van der Waals surface area contributed by atoms with E-state index in [0.717, 1.165) is 6.42 Å². The van der Waals surface area contributed by atoms with Gasteiger partial charge in [0.2, 0.25) is 0 Å². The van der Waals surface area contributed by atoms with E-state index in [9.17, 15) is 9.59 Å². The lowest BCUT2D eigenvalue weighted by Crippen LogP contribution is -2.31. The molecule has 1 aliphatic rings. The molecule has 1 aromatic carbocycles. The van der Waals surface area contributed by atoms with Gasteiger partial charge in [-0.2, -0.15) is 0 Å². The Balaban J connectivity index is 1.59. The fourth-order valence-electron chi connectivity index (χ4n) is 3.04. The molecule has 0 radical (unpaired) electrons. The van der Waals surface area contributed by atoms with E-state index < -0.39 is 5.97 Å². The molecule has 1 aliphatic heterocycles. The number of hydrogen-bond donors (Lipinski definition) is 1. The van der Waals surface area contributed by atoms with Gasteiger partial charge in [-0.05, 0) is 55.3 Å². The van der Waals surface area contributed by atoms with Crippen molar-refractivity contribution in [1.29, 1.82) is 0 Å². The van der Waals surface area contributed by atoms with Crippen LogP contribution in [0.5, 0.6) is 0 Å². The second-order valence-electron chi connectivity index (χ2n) is 6.57. The first-order chi connectivity index (χ1) is 14.0. The Labute approximate surface area is 179 Å². The normalized spacial score (nSPS) is 16.2. The Hall–Kier alpha value is -2.57. The summed E-state index contributed by atoms with van der Waals surface area (Å²) in [5, 5.41) is 4.34. The predicted octanol–water partition coefficient (Wildman–Crippen LogP) is 4.29. The minimum atomic E-state index is -0.415. The SMILES string of the molecule is CCOC(=O)C=Cc1cnc(N[C@@H]2CCN(C(=O)c3ccc(Cl)cc3)C2)c(Cl)c1. The van der Waals surface area contributed by atoms with Crippen LogP contribution >= 0.6 is 23.2 Å². The van der Waals surface area contributed by atoms with Gasteiger partial charge < -0.3 is 15.0 Å². The molecule has 0 saturated carbocycles. The van der Waals surface area contributed by atoms with Gasteiger partial charge in [0.15, 0.2) is 0 Å². The van der Waals surface area contributed by atoms with Crippen LogP contribution in [0.4, 0.5) is 5.82 Å². The van der Waals surface area contributed by atoms with Crippen molar-refractivity contribution in [3.63, 3.8) is 0 Å². The fourth-order valence-corrected chi connectivity index (χ4v) is 3.39. The largest absolute Gasteiger partial charge is 0.463 e. The Morgan fingerprint density at radius 2 is 2.07 bits per heavy atom. The van der Waals surface area contributed by atoms with Crippen molar-refractivity contribution in [2.45, 2.75) is 19.4 Å². The standard InChI is InChI=1S/C21H21Cl2N3O3/c1-2-29-19(27)8-3-14-11-18(23)20(24-12-14)25-17-9-10-26(13-17)21(28)15-4-6-16(22)7-5-15/h3-8,11-12,17H,2,9-10,13H2,1H3,(H,24,25)/t17-/m1/s1. The fraction of sp³-hybridized carbons (Fsp3) is 0.286. The number of carbonyl (C=O) groups excluding carboxylic acids is 2. The zero-order valence-electron chi connectivity index (χ0n) is 15.9. The van der Waals surface area contributed by atoms with Gasteiger partial charge in [0.05, 0.1) is 11.6 Å². The molecule has 152 valence electrons. The molecule has 1 aromatic heterocycles. The number of ether oxygens (including phenoxy) is 1. The van der Waals surface area contributed by atoms with Gasteiger partial charge in [-0.1, -0.05) is 23.2 Å². The molecule has 0 bridgehead atoms. The number of halogens is 2. The van der Waals surface area contributed by atoms with Gasteiger partial charge in [0, 0.05) is 42.0 Å². The number of likely N-dealkylation sites (tertiary alicyclic amines) is 1. The topological polar surface area (TPSA) is 71.5 Å². The summed E-state index contributed by atoms with van der Waals surface area (Å²) >= 11 is 12.2. The van der Waals surface area contributed by atoms with Crippen LogP contribution in [0.2, 0.25) is 10.0 Å². The van der Waals surface area contributed by atoms with Gasteiger partial charge in [-0.25, -0.2) is 9.78 Å². The van der Waals surface area contributed by atoms with Crippen molar-refractivity contribution in [3.05, 3.63) is 63.8 Å². The molecule has 1 atom stereocenters. The zero-order valence-corrected chi connectivity index (χ0v) is 17.4. The van der Waals surface area contributed by atoms with E-state index in [1.165, 1.54) is 6.08 Å². The van der Waals surface area contributed by atoms with Crippen molar-refractivity contribution >= 4 is 47.0 Å². The molecular weight excluding hydrogens is 413 g/mol. The highest BCUT2D eigenvalue weighted by molar-refractivity contribution is 6.33. The molecule has 1 N–H and O–H groups in total. The van der Waals surface area contributed by atoms with Crippen molar-refractivity contribution in [2.75, 3.05) is 25.0 Å². The van der Waals surface area contributed by atoms with Crippen LogP contribution in [0.25, 0.3) is 6.08 Å². The lowest BCUT2D eigenvalue weighted by atomic mass is 10.2. The van der Waals surface area contributed by atoms with E-state index in [0.29, 0.717) is 46.7 Å². The second-order valence-corrected chi connectivity index (χ2v) is 7.42. The summed E-state index contributed by atoms with van der Waals surface area (Å²) in [6.45, 7) is 3.28. The van der Waals surface area contributed by atoms with Gasteiger partial charge in [-0.3, -0.25) is 4.79 Å². The van der Waals surface area contributed by atoms with Crippen LogP contribution in [0.15, 0.2) is 42.6 Å². The molecule has 1 amide bonds. The first-order valence-electron chi connectivity index (χ1n) is 9.28. The van der Waals surface area contributed by atoms with Crippen molar-refractivity contribution in [1.82, 2.24) is 9.88 Å². The maximum absolute atomic E-state index is 12.6. The quantitative estimate of drug-likeness (QED) is 0.543. The van der Waals surface area contributed by atoms with Crippen LogP contribution in [-0.2, 0) is 9.53 Å². The number of aromatic nitrogens is 1. The number of nitrogens with one attached hydrogen (secondary N) is 1. The number of anilines is 1. The lowest BCUT2D eigenvalue weighted by Gasteiger charge is -2.18. The number of pyridine rings is 1. The van der Waals surface area contributed by atoms with E-state index in [2.05, 4.69) is 10.3 Å². The minimum Gasteiger partial charge on any atom is -0.463 e. The molecule has 1 fully saturated rings. The average Bonchev–Trinajstić information content (AvgIpc) is 3.17. The minimum absolute atomic E-state index is 0.0236. The number of benzene rings is 1. The summed E-state index contributed by atoms with van der Waals surface area (Å²) in [6, 6.07) is 8.65.